The molecule has 1 fully saturated rings. The van der Waals surface area contributed by atoms with Crippen molar-refractivity contribution in [2.24, 2.45) is 5.92 Å². The summed E-state index contributed by atoms with van der Waals surface area (Å²) in [6.45, 7) is 6.26. The second kappa shape index (κ2) is 13.9. The summed E-state index contributed by atoms with van der Waals surface area (Å²) < 4.78 is 0. The smallest absolute Gasteiger partial charge is 0.323 e. The van der Waals surface area contributed by atoms with Gasteiger partial charge < -0.3 is 20.9 Å². The Kier molecular flexibility index (Phi) is 9.55. The number of nitrogens with one attached hydrogen (secondary N) is 3. The molecule has 6 heteroatoms. The average Bonchev–Trinajstić information content (AvgIpc) is 3.00. The van der Waals surface area contributed by atoms with Crippen molar-refractivity contribution in [3.05, 3.63) is 125 Å². The third-order valence-electron chi connectivity index (χ3n) is 8.08. The number of rotatable bonds is 9. The van der Waals surface area contributed by atoms with Crippen molar-refractivity contribution in [1.82, 2.24) is 5.32 Å². The van der Waals surface area contributed by atoms with Crippen molar-refractivity contribution >= 4 is 29.0 Å². The number of hydrogen-bond donors (Lipinski definition) is 3. The van der Waals surface area contributed by atoms with E-state index in [1.165, 1.54) is 11.1 Å². The molecule has 216 valence electrons. The zero-order chi connectivity index (χ0) is 29.3. The molecule has 0 aromatic heterocycles. The van der Waals surface area contributed by atoms with Crippen LogP contribution in [0.2, 0.25) is 0 Å². The van der Waals surface area contributed by atoms with Crippen LogP contribution in [0.3, 0.4) is 0 Å². The Balaban J connectivity index is 1.29. The van der Waals surface area contributed by atoms with Crippen LogP contribution in [0.5, 0.6) is 0 Å². The number of hydrogen-bond acceptors (Lipinski definition) is 3. The van der Waals surface area contributed by atoms with Crippen LogP contribution in [0.1, 0.15) is 45.5 Å². The molecule has 6 nitrogen and oxygen atoms in total. The molecule has 3 amide bonds. The van der Waals surface area contributed by atoms with Gasteiger partial charge in [-0.15, -0.1) is 0 Å². The molecule has 0 spiro atoms. The molecule has 1 aliphatic rings. The second-order valence-electron chi connectivity index (χ2n) is 11.2. The van der Waals surface area contributed by atoms with Crippen LogP contribution < -0.4 is 20.9 Å². The highest BCUT2D eigenvalue weighted by Crippen LogP contribution is 2.30. The molecule has 3 N–H and O–H groups in total. The lowest BCUT2D eigenvalue weighted by Gasteiger charge is -2.35. The Hall–Kier alpha value is -4.58. The predicted molar refractivity (Wildman–Crippen MR) is 173 cm³/mol. The first-order valence-electron chi connectivity index (χ1n) is 14.9. The van der Waals surface area contributed by atoms with Crippen molar-refractivity contribution in [3.8, 4) is 0 Å². The van der Waals surface area contributed by atoms with Crippen molar-refractivity contribution in [1.29, 1.82) is 0 Å². The van der Waals surface area contributed by atoms with E-state index in [-0.39, 0.29) is 11.9 Å². The van der Waals surface area contributed by atoms with Crippen molar-refractivity contribution in [2.45, 2.75) is 39.5 Å². The maximum atomic E-state index is 13.6. The summed E-state index contributed by atoms with van der Waals surface area (Å²) in [5, 5.41) is 9.02. The van der Waals surface area contributed by atoms with Gasteiger partial charge in [-0.3, -0.25) is 4.79 Å². The van der Waals surface area contributed by atoms with Gasteiger partial charge in [-0.2, -0.15) is 0 Å². The molecule has 0 atom stereocenters. The van der Waals surface area contributed by atoms with Gasteiger partial charge in [0.05, 0.1) is 5.56 Å². The van der Waals surface area contributed by atoms with E-state index in [1.54, 1.807) is 6.07 Å². The molecule has 0 unspecified atom stereocenters. The summed E-state index contributed by atoms with van der Waals surface area (Å²) in [4.78, 5) is 28.8. The fourth-order valence-electron chi connectivity index (χ4n) is 5.74. The summed E-state index contributed by atoms with van der Waals surface area (Å²) in [7, 11) is 0. The van der Waals surface area contributed by atoms with Gasteiger partial charge in [0, 0.05) is 36.7 Å². The van der Waals surface area contributed by atoms with Crippen LogP contribution in [0.25, 0.3) is 0 Å². The molecule has 0 saturated carbocycles. The van der Waals surface area contributed by atoms with Gasteiger partial charge in [-0.1, -0.05) is 78.9 Å². The maximum Gasteiger partial charge on any atom is 0.323 e. The number of carbonyl (C=O) groups excluding carboxylic acids is 2. The van der Waals surface area contributed by atoms with E-state index in [0.717, 1.165) is 61.3 Å². The highest BCUT2D eigenvalue weighted by atomic mass is 16.2. The van der Waals surface area contributed by atoms with Crippen molar-refractivity contribution in [2.75, 3.05) is 35.2 Å². The van der Waals surface area contributed by atoms with E-state index >= 15 is 0 Å². The van der Waals surface area contributed by atoms with Crippen molar-refractivity contribution < 1.29 is 9.59 Å². The minimum Gasteiger partial charge on any atom is -0.371 e. The molecular weight excluding hydrogens is 520 g/mol. The third-order valence-corrected chi connectivity index (χ3v) is 8.08. The number of carbonyl (C=O) groups is 2. The van der Waals surface area contributed by atoms with Gasteiger partial charge in [0.25, 0.3) is 5.91 Å². The number of nitrogens with zero attached hydrogens (tertiary/aromatic N) is 1. The van der Waals surface area contributed by atoms with Crippen LogP contribution in [0, 0.1) is 19.8 Å². The first-order valence-corrected chi connectivity index (χ1v) is 14.9. The Morgan fingerprint density at radius 1 is 0.762 bits per heavy atom. The summed E-state index contributed by atoms with van der Waals surface area (Å²) >= 11 is 0. The first kappa shape index (κ1) is 28.9. The third kappa shape index (κ3) is 7.58. The SMILES string of the molecule is Cc1cccc(C)c1NC(=O)Nc1ccc(N2CCC(Cc3ccccc3)CC2)c(C(=O)NCCc2ccccc2)c1. The summed E-state index contributed by atoms with van der Waals surface area (Å²) in [5.41, 5.74) is 7.41. The predicted octanol–water partition coefficient (Wildman–Crippen LogP) is 7.38. The number of aryl methyl sites for hydroxylation is 2. The number of para-hydroxylation sites is 1. The minimum absolute atomic E-state index is 0.133. The molecule has 1 saturated heterocycles. The summed E-state index contributed by atoms with van der Waals surface area (Å²) in [6.07, 6.45) is 3.98. The number of anilines is 3. The Labute approximate surface area is 249 Å². The van der Waals surface area contributed by atoms with Crippen LogP contribution in [0.4, 0.5) is 21.9 Å². The van der Waals surface area contributed by atoms with E-state index < -0.39 is 0 Å². The fourth-order valence-corrected chi connectivity index (χ4v) is 5.74. The summed E-state index contributed by atoms with van der Waals surface area (Å²) in [6, 6.07) is 32.0. The second-order valence-corrected chi connectivity index (χ2v) is 11.2. The van der Waals surface area contributed by atoms with Gasteiger partial charge in [0.1, 0.15) is 0 Å². The molecule has 5 rings (SSSR count). The Bertz CT molecular complexity index is 1480. The van der Waals surface area contributed by atoms with E-state index in [4.69, 9.17) is 0 Å². The molecule has 0 bridgehead atoms. The van der Waals surface area contributed by atoms with Gasteiger partial charge in [0.2, 0.25) is 0 Å². The molecule has 0 radical (unpaired) electrons. The van der Waals surface area contributed by atoms with Crippen molar-refractivity contribution in [3.63, 3.8) is 0 Å². The van der Waals surface area contributed by atoms with E-state index in [1.807, 2.05) is 62.4 Å². The molecule has 1 heterocycles. The van der Waals surface area contributed by atoms with Crippen LogP contribution >= 0.6 is 0 Å². The quantitative estimate of drug-likeness (QED) is 0.200. The molecule has 4 aromatic carbocycles. The molecule has 4 aromatic rings. The van der Waals surface area contributed by atoms with Gasteiger partial charge in [-0.05, 0) is 85.9 Å². The highest BCUT2D eigenvalue weighted by Gasteiger charge is 2.24. The monoisotopic (exact) mass is 560 g/mol. The first-order chi connectivity index (χ1) is 20.5. The number of amides is 3. The van der Waals surface area contributed by atoms with E-state index in [9.17, 15) is 9.59 Å². The summed E-state index contributed by atoms with van der Waals surface area (Å²) in [5.74, 6) is 0.493. The standard InChI is InChI=1S/C36H40N4O2/c1-26-10-9-11-27(2)34(26)39-36(42)38-31-16-17-33(32(25-31)35(41)37-21-18-28-12-5-3-6-13-28)40-22-19-30(20-23-40)24-29-14-7-4-8-15-29/h3-17,25,30H,18-24H2,1-2H3,(H,37,41)(H2,38,39,42). The maximum absolute atomic E-state index is 13.6. The van der Waals surface area contributed by atoms with Gasteiger partial charge >= 0.3 is 6.03 Å². The fraction of sp³-hybridized carbons (Fsp3) is 0.278. The van der Waals surface area contributed by atoms with Gasteiger partial charge in [0.15, 0.2) is 0 Å². The molecule has 42 heavy (non-hydrogen) atoms. The molecule has 1 aliphatic heterocycles. The van der Waals surface area contributed by atoms with Crippen LogP contribution in [-0.4, -0.2) is 31.6 Å². The zero-order valence-electron chi connectivity index (χ0n) is 24.5. The van der Waals surface area contributed by atoms with Crippen LogP contribution in [-0.2, 0) is 12.8 Å². The topological polar surface area (TPSA) is 73.5 Å². The minimum atomic E-state index is -0.336. The lowest BCUT2D eigenvalue weighted by atomic mass is 9.89. The average molecular weight is 561 g/mol. The highest BCUT2D eigenvalue weighted by molar-refractivity contribution is 6.04. The van der Waals surface area contributed by atoms with E-state index in [2.05, 4.69) is 63.3 Å². The Morgan fingerprint density at radius 3 is 2.07 bits per heavy atom. The number of urea groups is 1. The Morgan fingerprint density at radius 2 is 1.40 bits per heavy atom. The largest absolute Gasteiger partial charge is 0.371 e. The number of piperidine rings is 1. The molecular formula is C36H40N4O2. The lowest BCUT2D eigenvalue weighted by molar-refractivity contribution is 0.0954. The lowest BCUT2D eigenvalue weighted by Crippen LogP contribution is -2.36. The normalized spacial score (nSPS) is 13.4. The van der Waals surface area contributed by atoms with Gasteiger partial charge in [-0.25, -0.2) is 4.79 Å². The molecule has 0 aliphatic carbocycles. The number of benzene rings is 4. The van der Waals surface area contributed by atoms with Crippen LogP contribution in [0.15, 0.2) is 97.1 Å². The zero-order valence-corrected chi connectivity index (χ0v) is 24.5. The van der Waals surface area contributed by atoms with E-state index in [0.29, 0.717) is 23.7 Å².